The Hall–Kier alpha value is -1.39. The molecule has 0 bridgehead atoms. The number of carbonyl (C=O) groups is 1. The highest BCUT2D eigenvalue weighted by molar-refractivity contribution is 5.87. The highest BCUT2D eigenvalue weighted by atomic mass is 16.5. The molecule has 4 nitrogen and oxygen atoms in total. The lowest BCUT2D eigenvalue weighted by Crippen LogP contribution is -2.33. The minimum atomic E-state index is -0.886. The summed E-state index contributed by atoms with van der Waals surface area (Å²) in [6, 6.07) is 7.08. The Kier molecular flexibility index (Phi) is 5.56. The van der Waals surface area contributed by atoms with Gasteiger partial charge in [0, 0.05) is 0 Å². The maximum atomic E-state index is 10.9. The summed E-state index contributed by atoms with van der Waals surface area (Å²) < 4.78 is 6.23. The minimum absolute atomic E-state index is 0.0749. The van der Waals surface area contributed by atoms with Crippen LogP contribution in [0.1, 0.15) is 54.6 Å². The molecule has 1 aromatic carbocycles. The lowest BCUT2D eigenvalue weighted by Gasteiger charge is -2.28. The van der Waals surface area contributed by atoms with Crippen molar-refractivity contribution in [2.45, 2.75) is 44.8 Å². The van der Waals surface area contributed by atoms with Crippen molar-refractivity contribution in [3.05, 3.63) is 35.4 Å². The normalized spacial score (nSPS) is 17.9. The summed E-state index contributed by atoms with van der Waals surface area (Å²) >= 11 is 0. The first-order valence-corrected chi connectivity index (χ1v) is 7.40. The van der Waals surface area contributed by atoms with Crippen molar-refractivity contribution in [1.29, 1.82) is 0 Å². The van der Waals surface area contributed by atoms with Crippen molar-refractivity contribution in [3.8, 4) is 0 Å². The Morgan fingerprint density at radius 2 is 2.00 bits per heavy atom. The van der Waals surface area contributed by atoms with Gasteiger partial charge in [-0.05, 0) is 50.0 Å². The van der Waals surface area contributed by atoms with Gasteiger partial charge in [-0.2, -0.15) is 0 Å². The van der Waals surface area contributed by atoms with Gasteiger partial charge in [-0.3, -0.25) is 0 Å². The van der Waals surface area contributed by atoms with Gasteiger partial charge in [0.2, 0.25) is 0 Å². The number of piperidine rings is 1. The monoisotopic (exact) mass is 277 g/mol. The van der Waals surface area contributed by atoms with E-state index in [0.717, 1.165) is 44.3 Å². The molecule has 0 saturated carbocycles. The van der Waals surface area contributed by atoms with E-state index in [1.807, 2.05) is 12.1 Å². The fraction of sp³-hybridized carbons (Fsp3) is 0.562. The number of benzene rings is 1. The summed E-state index contributed by atoms with van der Waals surface area (Å²) in [5, 5.41) is 12.3. The summed E-state index contributed by atoms with van der Waals surface area (Å²) in [5.41, 5.74) is 1.40. The van der Waals surface area contributed by atoms with E-state index in [4.69, 9.17) is 9.84 Å². The molecule has 4 heteroatoms. The quantitative estimate of drug-likeness (QED) is 0.839. The summed E-state index contributed by atoms with van der Waals surface area (Å²) in [4.78, 5) is 10.9. The number of carboxylic acid groups (broad SMARTS) is 1. The molecule has 1 atom stereocenters. The molecule has 1 fully saturated rings. The molecule has 2 rings (SSSR count). The van der Waals surface area contributed by atoms with Crippen molar-refractivity contribution in [2.75, 3.05) is 13.1 Å². The number of nitrogens with one attached hydrogen (secondary N) is 1. The Balaban J connectivity index is 2.04. The molecule has 1 aliphatic rings. The van der Waals surface area contributed by atoms with Crippen LogP contribution in [0.25, 0.3) is 0 Å². The second-order valence-electron chi connectivity index (χ2n) is 5.29. The molecular weight excluding hydrogens is 254 g/mol. The van der Waals surface area contributed by atoms with E-state index in [-0.39, 0.29) is 6.10 Å². The first kappa shape index (κ1) is 15.0. The number of aromatic carboxylic acids is 1. The van der Waals surface area contributed by atoms with Crippen LogP contribution in [0.2, 0.25) is 0 Å². The van der Waals surface area contributed by atoms with Crippen molar-refractivity contribution in [1.82, 2.24) is 5.32 Å². The number of hydrogen-bond acceptors (Lipinski definition) is 3. The van der Waals surface area contributed by atoms with Crippen molar-refractivity contribution in [2.24, 2.45) is 0 Å². The van der Waals surface area contributed by atoms with Crippen LogP contribution in [0, 0.1) is 0 Å². The van der Waals surface area contributed by atoms with E-state index in [0.29, 0.717) is 11.7 Å². The lowest BCUT2D eigenvalue weighted by molar-refractivity contribution is -0.0322. The second-order valence-corrected chi connectivity index (χ2v) is 5.29. The molecule has 1 aromatic rings. The molecule has 0 spiro atoms. The molecule has 110 valence electrons. The Morgan fingerprint density at radius 1 is 1.35 bits per heavy atom. The molecule has 1 heterocycles. The molecule has 0 aromatic heterocycles. The largest absolute Gasteiger partial charge is 0.478 e. The van der Waals surface area contributed by atoms with Gasteiger partial charge in [-0.1, -0.05) is 25.5 Å². The zero-order chi connectivity index (χ0) is 14.4. The van der Waals surface area contributed by atoms with Gasteiger partial charge in [0.25, 0.3) is 0 Å². The highest BCUT2D eigenvalue weighted by Gasteiger charge is 2.20. The standard InChI is InChI=1S/C16H23NO3/c1-2-3-15(20-14-8-10-17-11-9-14)12-4-6-13(7-5-12)16(18)19/h4-7,14-15,17H,2-3,8-11H2,1H3,(H,18,19). The van der Waals surface area contributed by atoms with Crippen LogP contribution >= 0.6 is 0 Å². The number of ether oxygens (including phenoxy) is 1. The first-order valence-electron chi connectivity index (χ1n) is 7.40. The van der Waals surface area contributed by atoms with Crippen molar-refractivity contribution >= 4 is 5.97 Å². The van der Waals surface area contributed by atoms with Gasteiger partial charge in [-0.25, -0.2) is 4.79 Å². The van der Waals surface area contributed by atoms with Crippen LogP contribution in [0.3, 0.4) is 0 Å². The number of rotatable bonds is 6. The summed E-state index contributed by atoms with van der Waals surface area (Å²) in [5.74, 6) is -0.886. The van der Waals surface area contributed by atoms with Crippen LogP contribution in [0.15, 0.2) is 24.3 Å². The Morgan fingerprint density at radius 3 is 2.55 bits per heavy atom. The smallest absolute Gasteiger partial charge is 0.335 e. The van der Waals surface area contributed by atoms with E-state index in [2.05, 4.69) is 12.2 Å². The first-order chi connectivity index (χ1) is 9.70. The molecule has 0 aliphatic carbocycles. The predicted molar refractivity (Wildman–Crippen MR) is 78.0 cm³/mol. The fourth-order valence-electron chi connectivity index (χ4n) is 2.58. The second kappa shape index (κ2) is 7.41. The Labute approximate surface area is 120 Å². The van der Waals surface area contributed by atoms with Crippen molar-refractivity contribution in [3.63, 3.8) is 0 Å². The number of carboxylic acids is 1. The van der Waals surface area contributed by atoms with Gasteiger partial charge < -0.3 is 15.2 Å². The molecule has 1 aliphatic heterocycles. The molecule has 2 N–H and O–H groups in total. The van der Waals surface area contributed by atoms with E-state index < -0.39 is 5.97 Å². The van der Waals surface area contributed by atoms with Crippen LogP contribution in [-0.4, -0.2) is 30.3 Å². The zero-order valence-electron chi connectivity index (χ0n) is 12.0. The minimum Gasteiger partial charge on any atom is -0.478 e. The van der Waals surface area contributed by atoms with Gasteiger partial charge >= 0.3 is 5.97 Å². The van der Waals surface area contributed by atoms with Crippen LogP contribution < -0.4 is 5.32 Å². The van der Waals surface area contributed by atoms with Crippen LogP contribution in [-0.2, 0) is 4.74 Å². The van der Waals surface area contributed by atoms with Gasteiger partial charge in [0.05, 0.1) is 17.8 Å². The van der Waals surface area contributed by atoms with E-state index in [1.54, 1.807) is 12.1 Å². The molecule has 1 saturated heterocycles. The van der Waals surface area contributed by atoms with Crippen LogP contribution in [0.4, 0.5) is 0 Å². The van der Waals surface area contributed by atoms with E-state index in [1.165, 1.54) is 0 Å². The third kappa shape index (κ3) is 4.05. The average Bonchev–Trinajstić information content (AvgIpc) is 2.48. The topological polar surface area (TPSA) is 58.6 Å². The Bertz CT molecular complexity index is 424. The molecular formula is C16H23NO3. The van der Waals surface area contributed by atoms with Crippen LogP contribution in [0.5, 0.6) is 0 Å². The highest BCUT2D eigenvalue weighted by Crippen LogP contribution is 2.27. The SMILES string of the molecule is CCCC(OC1CCNCC1)c1ccc(C(=O)O)cc1. The average molecular weight is 277 g/mol. The van der Waals surface area contributed by atoms with Gasteiger partial charge in [0.1, 0.15) is 0 Å². The van der Waals surface area contributed by atoms with E-state index in [9.17, 15) is 4.79 Å². The fourth-order valence-corrected chi connectivity index (χ4v) is 2.58. The third-order valence-electron chi connectivity index (χ3n) is 3.72. The maximum absolute atomic E-state index is 10.9. The molecule has 20 heavy (non-hydrogen) atoms. The summed E-state index contributed by atoms with van der Waals surface area (Å²) in [6.45, 7) is 4.17. The third-order valence-corrected chi connectivity index (χ3v) is 3.72. The summed E-state index contributed by atoms with van der Waals surface area (Å²) in [6.07, 6.45) is 4.51. The number of hydrogen-bond donors (Lipinski definition) is 2. The van der Waals surface area contributed by atoms with Gasteiger partial charge in [-0.15, -0.1) is 0 Å². The van der Waals surface area contributed by atoms with E-state index >= 15 is 0 Å². The predicted octanol–water partition coefficient (Wildman–Crippen LogP) is 2.99. The maximum Gasteiger partial charge on any atom is 0.335 e. The van der Waals surface area contributed by atoms with Gasteiger partial charge in [0.15, 0.2) is 0 Å². The van der Waals surface area contributed by atoms with Crippen molar-refractivity contribution < 1.29 is 14.6 Å². The molecule has 0 amide bonds. The lowest BCUT2D eigenvalue weighted by atomic mass is 10.0. The molecule has 1 unspecified atom stereocenters. The molecule has 0 radical (unpaired) electrons. The zero-order valence-corrected chi connectivity index (χ0v) is 12.0. The summed E-state index contributed by atoms with van der Waals surface area (Å²) in [7, 11) is 0.